The van der Waals surface area contributed by atoms with Gasteiger partial charge in [0.1, 0.15) is 22.6 Å². The lowest BCUT2D eigenvalue weighted by molar-refractivity contribution is -0.118. The Labute approximate surface area is 213 Å². The number of anilines is 2. The molecular weight excluding hydrogens is 470 g/mol. The molecule has 37 heavy (non-hydrogen) atoms. The zero-order valence-corrected chi connectivity index (χ0v) is 20.7. The van der Waals surface area contributed by atoms with Crippen LogP contribution < -0.4 is 15.0 Å². The van der Waals surface area contributed by atoms with E-state index >= 15 is 0 Å². The summed E-state index contributed by atoms with van der Waals surface area (Å²) in [7, 11) is 1.56. The lowest BCUT2D eigenvalue weighted by atomic mass is 9.98. The number of rotatable bonds is 6. The highest BCUT2D eigenvalue weighted by Gasteiger charge is 2.52. The van der Waals surface area contributed by atoms with E-state index in [1.807, 2.05) is 49.4 Å². The molecule has 0 saturated carbocycles. The minimum absolute atomic E-state index is 0.0123. The second kappa shape index (κ2) is 8.65. The molecule has 2 aliphatic heterocycles. The summed E-state index contributed by atoms with van der Waals surface area (Å²) < 4.78 is 11.5. The molecule has 0 radical (unpaired) electrons. The van der Waals surface area contributed by atoms with Crippen LogP contribution in [0.15, 0.2) is 65.1 Å². The van der Waals surface area contributed by atoms with Gasteiger partial charge in [-0.25, -0.2) is 0 Å². The van der Waals surface area contributed by atoms with Gasteiger partial charge in [-0.05, 0) is 44.0 Å². The second-order valence-corrected chi connectivity index (χ2v) is 9.72. The maximum atomic E-state index is 13.4. The number of methoxy groups -OCH3 is 1. The number of para-hydroxylation sites is 2. The van der Waals surface area contributed by atoms with Gasteiger partial charge in [0.15, 0.2) is 0 Å². The third-order valence-electron chi connectivity index (χ3n) is 7.50. The van der Waals surface area contributed by atoms with Gasteiger partial charge < -0.3 is 19.4 Å². The first-order chi connectivity index (χ1) is 17.9. The molecule has 0 spiro atoms. The Morgan fingerprint density at radius 3 is 2.68 bits per heavy atom. The van der Waals surface area contributed by atoms with Crippen molar-refractivity contribution in [3.8, 4) is 5.75 Å². The molecule has 1 saturated heterocycles. The van der Waals surface area contributed by atoms with Gasteiger partial charge in [0, 0.05) is 36.2 Å². The largest absolute Gasteiger partial charge is 0.495 e. The Hall–Kier alpha value is -4.33. The number of benzene rings is 3. The van der Waals surface area contributed by atoms with Crippen LogP contribution in [0.4, 0.5) is 11.4 Å². The fourth-order valence-electron chi connectivity index (χ4n) is 5.67. The number of nitrogens with zero attached hydrogens (tertiary/aromatic N) is 2. The van der Waals surface area contributed by atoms with Gasteiger partial charge in [-0.1, -0.05) is 30.3 Å². The number of furan rings is 1. The maximum absolute atomic E-state index is 13.4. The van der Waals surface area contributed by atoms with E-state index in [1.54, 1.807) is 35.1 Å². The Bertz CT molecular complexity index is 1570. The van der Waals surface area contributed by atoms with Crippen molar-refractivity contribution < 1.29 is 23.5 Å². The smallest absolute Gasteiger partial charge is 0.257 e. The molecule has 0 bridgehead atoms. The van der Waals surface area contributed by atoms with Crippen molar-refractivity contribution in [2.75, 3.05) is 23.9 Å². The first-order valence-electron chi connectivity index (χ1n) is 12.4. The number of nitrogens with one attached hydrogen (secondary N) is 1. The van der Waals surface area contributed by atoms with Gasteiger partial charge in [0.25, 0.3) is 5.91 Å². The van der Waals surface area contributed by atoms with Crippen molar-refractivity contribution in [3.63, 3.8) is 0 Å². The number of hydrogen-bond donors (Lipinski definition) is 1. The average Bonchev–Trinajstić information content (AvgIpc) is 3.42. The summed E-state index contributed by atoms with van der Waals surface area (Å²) in [6.07, 6.45) is 1.61. The normalized spacial score (nSPS) is 18.9. The van der Waals surface area contributed by atoms with Crippen LogP contribution in [0.5, 0.6) is 5.75 Å². The first kappa shape index (κ1) is 23.1. The monoisotopic (exact) mass is 497 g/mol. The summed E-state index contributed by atoms with van der Waals surface area (Å²) in [4.78, 5) is 42.5. The van der Waals surface area contributed by atoms with Crippen molar-refractivity contribution >= 4 is 51.0 Å². The SMILES string of the molecule is COc1cc2c(cc1NC(=O)CCCN1C(=O)c3ccccc3N3C(=O)CCC13C)oc1ccccc12. The van der Waals surface area contributed by atoms with Crippen LogP contribution in [0.1, 0.15) is 43.0 Å². The number of amides is 3. The Morgan fingerprint density at radius 1 is 1.05 bits per heavy atom. The van der Waals surface area contributed by atoms with Crippen molar-refractivity contribution in [1.29, 1.82) is 0 Å². The van der Waals surface area contributed by atoms with Gasteiger partial charge in [0.05, 0.1) is 24.0 Å². The van der Waals surface area contributed by atoms with Crippen LogP contribution in [0.2, 0.25) is 0 Å². The van der Waals surface area contributed by atoms with E-state index in [1.165, 1.54) is 0 Å². The predicted octanol–water partition coefficient (Wildman–Crippen LogP) is 5.31. The van der Waals surface area contributed by atoms with Crippen LogP contribution in [-0.2, 0) is 9.59 Å². The quantitative estimate of drug-likeness (QED) is 0.390. The van der Waals surface area contributed by atoms with Gasteiger partial charge in [-0.3, -0.25) is 19.3 Å². The van der Waals surface area contributed by atoms with Crippen LogP contribution >= 0.6 is 0 Å². The van der Waals surface area contributed by atoms with Crippen molar-refractivity contribution in [2.24, 2.45) is 0 Å². The number of ether oxygens (including phenoxy) is 1. The average molecular weight is 498 g/mol. The third-order valence-corrected chi connectivity index (χ3v) is 7.50. The zero-order chi connectivity index (χ0) is 25.7. The highest BCUT2D eigenvalue weighted by molar-refractivity contribution is 6.10. The molecule has 2 aliphatic rings. The Kier molecular flexibility index (Phi) is 5.40. The first-order valence-corrected chi connectivity index (χ1v) is 12.4. The summed E-state index contributed by atoms with van der Waals surface area (Å²) in [5, 5.41) is 4.83. The highest BCUT2D eigenvalue weighted by atomic mass is 16.5. The molecule has 8 heteroatoms. The summed E-state index contributed by atoms with van der Waals surface area (Å²) in [6, 6.07) is 18.6. The standard InChI is InChI=1S/C29H27N3O5/c1-29-14-13-27(34)32(29)22-10-5-3-9-19(22)28(35)31(29)15-7-12-26(33)30-21-17-24-20(16-25(21)36-2)18-8-4-6-11-23(18)37-24/h3-6,8-11,16-17H,7,12-15H2,1-2H3,(H,30,33). The number of hydrogen-bond acceptors (Lipinski definition) is 5. The molecule has 4 aromatic rings. The van der Waals surface area contributed by atoms with E-state index in [0.717, 1.165) is 16.4 Å². The predicted molar refractivity (Wildman–Crippen MR) is 141 cm³/mol. The van der Waals surface area contributed by atoms with Crippen LogP contribution in [0.3, 0.4) is 0 Å². The molecule has 1 atom stereocenters. The van der Waals surface area contributed by atoms with Gasteiger partial charge in [-0.2, -0.15) is 0 Å². The van der Waals surface area contributed by atoms with E-state index in [9.17, 15) is 14.4 Å². The molecule has 3 heterocycles. The third kappa shape index (κ3) is 3.63. The molecule has 1 aromatic heterocycles. The van der Waals surface area contributed by atoms with Crippen LogP contribution in [0, 0.1) is 0 Å². The van der Waals surface area contributed by atoms with E-state index in [0.29, 0.717) is 54.1 Å². The molecule has 1 unspecified atom stereocenters. The van der Waals surface area contributed by atoms with E-state index in [2.05, 4.69) is 5.32 Å². The summed E-state index contributed by atoms with van der Waals surface area (Å²) in [5.74, 6) is 0.255. The molecule has 3 aromatic carbocycles. The molecular formula is C29H27N3O5. The lowest BCUT2D eigenvalue weighted by Gasteiger charge is -2.48. The lowest BCUT2D eigenvalue weighted by Crippen LogP contribution is -2.62. The fourth-order valence-corrected chi connectivity index (χ4v) is 5.67. The van der Waals surface area contributed by atoms with E-state index < -0.39 is 5.66 Å². The minimum atomic E-state index is -0.728. The topological polar surface area (TPSA) is 92.1 Å². The zero-order valence-electron chi connectivity index (χ0n) is 20.7. The summed E-state index contributed by atoms with van der Waals surface area (Å²) in [5.41, 5.74) is 2.41. The molecule has 1 fully saturated rings. The number of carbonyl (C=O) groups excluding carboxylic acids is 3. The molecule has 0 aliphatic carbocycles. The second-order valence-electron chi connectivity index (χ2n) is 9.72. The maximum Gasteiger partial charge on any atom is 0.257 e. The molecule has 3 amide bonds. The molecule has 6 rings (SSSR count). The van der Waals surface area contributed by atoms with Crippen molar-refractivity contribution in [2.45, 2.75) is 38.3 Å². The van der Waals surface area contributed by atoms with Crippen molar-refractivity contribution in [3.05, 3.63) is 66.2 Å². The van der Waals surface area contributed by atoms with Crippen molar-refractivity contribution in [1.82, 2.24) is 4.90 Å². The molecule has 188 valence electrons. The number of fused-ring (bicyclic) bond motifs is 6. The van der Waals surface area contributed by atoms with E-state index in [-0.39, 0.29) is 24.1 Å². The summed E-state index contributed by atoms with van der Waals surface area (Å²) in [6.45, 7) is 2.29. The van der Waals surface area contributed by atoms with Gasteiger partial charge >= 0.3 is 0 Å². The van der Waals surface area contributed by atoms with Crippen LogP contribution in [-0.4, -0.2) is 41.9 Å². The van der Waals surface area contributed by atoms with Gasteiger partial charge in [-0.15, -0.1) is 0 Å². The van der Waals surface area contributed by atoms with E-state index in [4.69, 9.17) is 9.15 Å². The Morgan fingerprint density at radius 2 is 1.84 bits per heavy atom. The molecule has 1 N–H and O–H groups in total. The van der Waals surface area contributed by atoms with Crippen LogP contribution in [0.25, 0.3) is 21.9 Å². The summed E-state index contributed by atoms with van der Waals surface area (Å²) >= 11 is 0. The minimum Gasteiger partial charge on any atom is -0.495 e. The highest BCUT2D eigenvalue weighted by Crippen LogP contribution is 2.44. The fraction of sp³-hybridized carbons (Fsp3) is 0.276. The van der Waals surface area contributed by atoms with Gasteiger partial charge in [0.2, 0.25) is 11.8 Å². The Balaban J connectivity index is 1.18. The molecule has 8 nitrogen and oxygen atoms in total. The number of carbonyl (C=O) groups is 3.